The number of carbonyl (C=O) groups is 1. The summed E-state index contributed by atoms with van der Waals surface area (Å²) in [7, 11) is 0. The van der Waals surface area contributed by atoms with Crippen molar-refractivity contribution >= 4 is 17.6 Å². The molecular weight excluding hydrogens is 230 g/mol. The summed E-state index contributed by atoms with van der Waals surface area (Å²) in [6, 6.07) is -0.0593. The second-order valence-corrected chi connectivity index (χ2v) is 5.62. The van der Waals surface area contributed by atoms with Gasteiger partial charge >= 0.3 is 5.97 Å². The average Bonchev–Trinajstić information content (AvgIpc) is 2.76. The van der Waals surface area contributed by atoms with Crippen LogP contribution in [0.4, 0.5) is 0 Å². The number of nitrogens with one attached hydrogen (secondary N) is 3. The smallest absolute Gasteiger partial charge is 0.322 e. The number of hydrazine groups is 1. The fourth-order valence-corrected chi connectivity index (χ4v) is 3.78. The molecule has 0 amide bonds. The van der Waals surface area contributed by atoms with Gasteiger partial charge in [-0.15, -0.1) is 11.6 Å². The summed E-state index contributed by atoms with van der Waals surface area (Å²) in [6.45, 7) is 0. The standard InChI is InChI=1S/C10H16ClN3O2/c11-4-1-2-6-5(3-4)7-8(10(15)16)13-14-9(7)12-6/h4-9,12-14H,1-3H2,(H,15,16). The lowest BCUT2D eigenvalue weighted by molar-refractivity contribution is -0.140. The van der Waals surface area contributed by atoms with Crippen LogP contribution in [0, 0.1) is 11.8 Å². The van der Waals surface area contributed by atoms with E-state index in [9.17, 15) is 4.79 Å². The molecule has 3 rings (SSSR count). The van der Waals surface area contributed by atoms with Crippen LogP contribution in [0.1, 0.15) is 19.3 Å². The summed E-state index contributed by atoms with van der Waals surface area (Å²) in [5.41, 5.74) is 5.89. The van der Waals surface area contributed by atoms with Gasteiger partial charge in [-0.05, 0) is 25.2 Å². The summed E-state index contributed by atoms with van der Waals surface area (Å²) < 4.78 is 0. The van der Waals surface area contributed by atoms with Gasteiger partial charge in [-0.1, -0.05) is 0 Å². The molecule has 0 bridgehead atoms. The van der Waals surface area contributed by atoms with Gasteiger partial charge in [-0.2, -0.15) is 0 Å². The maximum absolute atomic E-state index is 11.1. The first-order valence-corrected chi connectivity index (χ1v) is 6.24. The Kier molecular flexibility index (Phi) is 2.58. The maximum atomic E-state index is 11.1. The lowest BCUT2D eigenvalue weighted by Gasteiger charge is -2.32. The van der Waals surface area contributed by atoms with Crippen LogP contribution >= 0.6 is 11.6 Å². The van der Waals surface area contributed by atoms with Crippen LogP contribution in [0.25, 0.3) is 0 Å². The van der Waals surface area contributed by atoms with E-state index in [0.29, 0.717) is 12.0 Å². The second-order valence-electron chi connectivity index (χ2n) is 5.01. The average molecular weight is 246 g/mol. The molecule has 0 aromatic heterocycles. The van der Waals surface area contributed by atoms with Gasteiger partial charge in [0.1, 0.15) is 6.04 Å². The number of aliphatic carboxylic acids is 1. The summed E-state index contributed by atoms with van der Waals surface area (Å²) in [6.07, 6.45) is 3.09. The molecule has 0 aromatic carbocycles. The number of hydrogen-bond acceptors (Lipinski definition) is 4. The third kappa shape index (κ3) is 1.54. The van der Waals surface area contributed by atoms with Crippen molar-refractivity contribution < 1.29 is 9.90 Å². The molecule has 6 unspecified atom stereocenters. The molecule has 6 heteroatoms. The van der Waals surface area contributed by atoms with Gasteiger partial charge in [0.25, 0.3) is 0 Å². The zero-order valence-corrected chi connectivity index (χ0v) is 9.57. The zero-order valence-electron chi connectivity index (χ0n) is 8.82. The Hall–Kier alpha value is -0.360. The molecule has 6 atom stereocenters. The number of alkyl halides is 1. The number of fused-ring (bicyclic) bond motifs is 3. The van der Waals surface area contributed by atoms with Gasteiger partial charge in [0.15, 0.2) is 0 Å². The number of carboxylic acids is 1. The van der Waals surface area contributed by atoms with Crippen molar-refractivity contribution in [1.29, 1.82) is 0 Å². The van der Waals surface area contributed by atoms with Crippen molar-refractivity contribution in [2.24, 2.45) is 11.8 Å². The van der Waals surface area contributed by atoms with Crippen LogP contribution in [0.15, 0.2) is 0 Å². The topological polar surface area (TPSA) is 73.4 Å². The minimum atomic E-state index is -0.779. The quantitative estimate of drug-likeness (QED) is 0.485. The van der Waals surface area contributed by atoms with Gasteiger partial charge < -0.3 is 5.11 Å². The van der Waals surface area contributed by atoms with Crippen molar-refractivity contribution in [1.82, 2.24) is 16.2 Å². The molecule has 16 heavy (non-hydrogen) atoms. The molecule has 0 aromatic rings. The Morgan fingerprint density at radius 1 is 1.31 bits per heavy atom. The van der Waals surface area contributed by atoms with E-state index in [4.69, 9.17) is 16.7 Å². The molecule has 2 saturated heterocycles. The molecule has 0 spiro atoms. The van der Waals surface area contributed by atoms with E-state index in [1.165, 1.54) is 0 Å². The fourth-order valence-electron chi connectivity index (χ4n) is 3.45. The first-order valence-electron chi connectivity index (χ1n) is 5.81. The van der Waals surface area contributed by atoms with Gasteiger partial charge in [0.2, 0.25) is 0 Å². The van der Waals surface area contributed by atoms with E-state index in [1.807, 2.05) is 0 Å². The number of rotatable bonds is 1. The molecule has 1 saturated carbocycles. The highest BCUT2D eigenvalue weighted by molar-refractivity contribution is 6.20. The van der Waals surface area contributed by atoms with Crippen molar-refractivity contribution in [3.05, 3.63) is 0 Å². The van der Waals surface area contributed by atoms with Crippen molar-refractivity contribution in [2.75, 3.05) is 0 Å². The lowest BCUT2D eigenvalue weighted by Crippen LogP contribution is -2.47. The van der Waals surface area contributed by atoms with E-state index in [1.54, 1.807) is 0 Å². The summed E-state index contributed by atoms with van der Waals surface area (Å²) in [5.74, 6) is -0.284. The predicted molar refractivity (Wildman–Crippen MR) is 58.9 cm³/mol. The van der Waals surface area contributed by atoms with Crippen LogP contribution in [0.5, 0.6) is 0 Å². The predicted octanol–water partition coefficient (Wildman–Crippen LogP) is -0.131. The van der Waals surface area contributed by atoms with E-state index in [0.717, 1.165) is 19.3 Å². The second kappa shape index (κ2) is 3.84. The van der Waals surface area contributed by atoms with Gasteiger partial charge in [-0.3, -0.25) is 10.1 Å². The SMILES string of the molecule is O=C(O)C1NNC2NC3CCC(Cl)CC3C21. The van der Waals surface area contributed by atoms with Crippen LogP contribution in [-0.2, 0) is 4.79 Å². The van der Waals surface area contributed by atoms with Gasteiger partial charge in [-0.25, -0.2) is 10.9 Å². The molecular formula is C10H16ClN3O2. The highest BCUT2D eigenvalue weighted by Crippen LogP contribution is 2.41. The Labute approximate surface area is 98.9 Å². The zero-order chi connectivity index (χ0) is 11.3. The Morgan fingerprint density at radius 2 is 2.12 bits per heavy atom. The summed E-state index contributed by atoms with van der Waals surface area (Å²) in [4.78, 5) is 11.1. The van der Waals surface area contributed by atoms with E-state index < -0.39 is 12.0 Å². The summed E-state index contributed by atoms with van der Waals surface area (Å²) in [5, 5.41) is 12.8. The fraction of sp³-hybridized carbons (Fsp3) is 0.900. The summed E-state index contributed by atoms with van der Waals surface area (Å²) >= 11 is 6.18. The number of halogens is 1. The molecule has 90 valence electrons. The Balaban J connectivity index is 1.81. The number of hydrogen-bond donors (Lipinski definition) is 4. The first kappa shape index (κ1) is 10.8. The molecule has 4 N–H and O–H groups in total. The molecule has 3 aliphatic rings. The van der Waals surface area contributed by atoms with E-state index >= 15 is 0 Å². The Morgan fingerprint density at radius 3 is 2.88 bits per heavy atom. The molecule has 2 heterocycles. The largest absolute Gasteiger partial charge is 0.480 e. The minimum Gasteiger partial charge on any atom is -0.480 e. The van der Waals surface area contributed by atoms with Gasteiger partial charge in [0.05, 0.1) is 6.17 Å². The third-order valence-electron chi connectivity index (χ3n) is 4.15. The van der Waals surface area contributed by atoms with Crippen molar-refractivity contribution in [3.63, 3.8) is 0 Å². The normalized spacial score (nSPS) is 51.1. The Bertz CT molecular complexity index is 314. The third-order valence-corrected chi connectivity index (χ3v) is 4.55. The van der Waals surface area contributed by atoms with Crippen LogP contribution in [0.2, 0.25) is 0 Å². The van der Waals surface area contributed by atoms with E-state index in [-0.39, 0.29) is 17.5 Å². The molecule has 2 aliphatic heterocycles. The van der Waals surface area contributed by atoms with Crippen LogP contribution in [0.3, 0.4) is 0 Å². The van der Waals surface area contributed by atoms with Crippen molar-refractivity contribution in [3.8, 4) is 0 Å². The molecule has 1 aliphatic carbocycles. The molecule has 0 radical (unpaired) electrons. The highest BCUT2D eigenvalue weighted by atomic mass is 35.5. The molecule has 5 nitrogen and oxygen atoms in total. The maximum Gasteiger partial charge on any atom is 0.322 e. The van der Waals surface area contributed by atoms with Crippen molar-refractivity contribution in [2.45, 2.75) is 42.9 Å². The lowest BCUT2D eigenvalue weighted by atomic mass is 9.77. The number of carboxylic acid groups (broad SMARTS) is 1. The van der Waals surface area contributed by atoms with Crippen LogP contribution in [-0.4, -0.2) is 34.7 Å². The molecule has 3 fully saturated rings. The monoisotopic (exact) mass is 245 g/mol. The highest BCUT2D eigenvalue weighted by Gasteiger charge is 2.53. The van der Waals surface area contributed by atoms with Gasteiger partial charge in [0, 0.05) is 17.3 Å². The van der Waals surface area contributed by atoms with E-state index in [2.05, 4.69) is 16.2 Å². The van der Waals surface area contributed by atoms with Crippen LogP contribution < -0.4 is 16.2 Å². The first-order chi connectivity index (χ1) is 7.66. The minimum absolute atomic E-state index is 0.0815.